The summed E-state index contributed by atoms with van der Waals surface area (Å²) in [5, 5.41) is 2.66. The van der Waals surface area contributed by atoms with Crippen molar-refractivity contribution in [2.24, 2.45) is 0 Å². The van der Waals surface area contributed by atoms with Gasteiger partial charge in [-0.3, -0.25) is 9.36 Å². The first-order chi connectivity index (χ1) is 8.33. The van der Waals surface area contributed by atoms with E-state index in [1.54, 1.807) is 10.9 Å². The largest absolute Gasteiger partial charge is 0.299 e. The summed E-state index contributed by atoms with van der Waals surface area (Å²) in [6.45, 7) is 0.768. The van der Waals surface area contributed by atoms with Crippen molar-refractivity contribution >= 4 is 34.2 Å². The molecule has 0 aliphatic heterocycles. The fourth-order valence-electron chi connectivity index (χ4n) is 1.80. The molecular formula is C12H16N2OS2. The highest BCUT2D eigenvalue weighted by atomic mass is 32.1. The first-order valence-corrected chi connectivity index (χ1v) is 7.37. The molecule has 2 heterocycles. The number of thiol groups is 1. The maximum Gasteiger partial charge on any atom is 0.262 e. The smallest absolute Gasteiger partial charge is 0.262 e. The molecule has 0 fully saturated rings. The van der Waals surface area contributed by atoms with Crippen molar-refractivity contribution < 1.29 is 0 Å². The SMILES string of the molecule is O=c1c2ccsc2ncn1CCCCCCS. The van der Waals surface area contributed by atoms with E-state index in [2.05, 4.69) is 17.6 Å². The molecule has 0 saturated heterocycles. The molecule has 0 aliphatic carbocycles. The van der Waals surface area contributed by atoms with Crippen LogP contribution in [-0.4, -0.2) is 15.3 Å². The van der Waals surface area contributed by atoms with Crippen LogP contribution in [0, 0.1) is 0 Å². The highest BCUT2D eigenvalue weighted by molar-refractivity contribution is 7.80. The van der Waals surface area contributed by atoms with Gasteiger partial charge in [0.25, 0.3) is 5.56 Å². The van der Waals surface area contributed by atoms with Crippen LogP contribution in [0.25, 0.3) is 10.2 Å². The van der Waals surface area contributed by atoms with E-state index in [9.17, 15) is 4.79 Å². The van der Waals surface area contributed by atoms with Gasteiger partial charge in [-0.05, 0) is 30.0 Å². The molecule has 0 atom stereocenters. The molecule has 92 valence electrons. The molecule has 17 heavy (non-hydrogen) atoms. The molecule has 2 rings (SSSR count). The van der Waals surface area contributed by atoms with Gasteiger partial charge in [0, 0.05) is 6.54 Å². The quantitative estimate of drug-likeness (QED) is 0.646. The molecule has 3 nitrogen and oxygen atoms in total. The van der Waals surface area contributed by atoms with Gasteiger partial charge in [-0.25, -0.2) is 4.98 Å². The predicted octanol–water partition coefficient (Wildman–Crippen LogP) is 2.95. The van der Waals surface area contributed by atoms with Crippen LogP contribution in [0.2, 0.25) is 0 Å². The number of rotatable bonds is 6. The van der Waals surface area contributed by atoms with Crippen molar-refractivity contribution in [3.8, 4) is 0 Å². The second kappa shape index (κ2) is 6.21. The minimum Gasteiger partial charge on any atom is -0.299 e. The lowest BCUT2D eigenvalue weighted by molar-refractivity contribution is 0.569. The van der Waals surface area contributed by atoms with Crippen molar-refractivity contribution in [1.82, 2.24) is 9.55 Å². The monoisotopic (exact) mass is 268 g/mol. The minimum absolute atomic E-state index is 0.0884. The first kappa shape index (κ1) is 12.6. The van der Waals surface area contributed by atoms with Crippen LogP contribution in [0.5, 0.6) is 0 Å². The molecule has 0 amide bonds. The van der Waals surface area contributed by atoms with Crippen molar-refractivity contribution in [2.45, 2.75) is 32.2 Å². The van der Waals surface area contributed by atoms with Crippen molar-refractivity contribution in [1.29, 1.82) is 0 Å². The lowest BCUT2D eigenvalue weighted by atomic mass is 10.2. The molecule has 0 saturated carbocycles. The molecule has 2 aromatic rings. The fourth-order valence-corrected chi connectivity index (χ4v) is 2.75. The predicted molar refractivity (Wildman–Crippen MR) is 76.2 cm³/mol. The van der Waals surface area contributed by atoms with Gasteiger partial charge in [-0.2, -0.15) is 12.6 Å². The molecule has 0 radical (unpaired) electrons. The Labute approximate surface area is 110 Å². The molecule has 0 N–H and O–H groups in total. The topological polar surface area (TPSA) is 34.9 Å². The van der Waals surface area contributed by atoms with E-state index in [-0.39, 0.29) is 5.56 Å². The summed E-state index contributed by atoms with van der Waals surface area (Å²) < 4.78 is 1.72. The van der Waals surface area contributed by atoms with Crippen LogP contribution in [0.4, 0.5) is 0 Å². The van der Waals surface area contributed by atoms with Crippen molar-refractivity contribution in [3.63, 3.8) is 0 Å². The fraction of sp³-hybridized carbons (Fsp3) is 0.500. The van der Waals surface area contributed by atoms with Crippen LogP contribution in [0.15, 0.2) is 22.6 Å². The van der Waals surface area contributed by atoms with Gasteiger partial charge in [0.15, 0.2) is 0 Å². The zero-order valence-corrected chi connectivity index (χ0v) is 11.3. The maximum absolute atomic E-state index is 12.0. The molecule has 0 aromatic carbocycles. The lowest BCUT2D eigenvalue weighted by Crippen LogP contribution is -2.19. The van der Waals surface area contributed by atoms with Gasteiger partial charge in [-0.15, -0.1) is 11.3 Å². The van der Waals surface area contributed by atoms with Crippen LogP contribution in [-0.2, 0) is 6.54 Å². The van der Waals surface area contributed by atoms with E-state index in [0.717, 1.165) is 41.8 Å². The Morgan fingerprint density at radius 1 is 1.29 bits per heavy atom. The average Bonchev–Trinajstić information content (AvgIpc) is 2.80. The van der Waals surface area contributed by atoms with Gasteiger partial charge >= 0.3 is 0 Å². The van der Waals surface area contributed by atoms with Gasteiger partial charge in [0.1, 0.15) is 4.83 Å². The average molecular weight is 268 g/mol. The lowest BCUT2D eigenvalue weighted by Gasteiger charge is -2.04. The highest BCUT2D eigenvalue weighted by Crippen LogP contribution is 2.13. The summed E-state index contributed by atoms with van der Waals surface area (Å²) in [4.78, 5) is 17.1. The second-order valence-corrected chi connectivity index (χ2v) is 5.36. The van der Waals surface area contributed by atoms with Crippen LogP contribution >= 0.6 is 24.0 Å². The molecule has 0 bridgehead atoms. The molecule has 2 aromatic heterocycles. The van der Waals surface area contributed by atoms with Gasteiger partial charge < -0.3 is 0 Å². The number of hydrogen-bond donors (Lipinski definition) is 1. The minimum atomic E-state index is 0.0884. The maximum atomic E-state index is 12.0. The summed E-state index contributed by atoms with van der Waals surface area (Å²) in [5.74, 6) is 0.947. The number of thiophene rings is 1. The van der Waals surface area contributed by atoms with E-state index < -0.39 is 0 Å². The Balaban J connectivity index is 1.99. The van der Waals surface area contributed by atoms with Gasteiger partial charge in [-0.1, -0.05) is 12.8 Å². The van der Waals surface area contributed by atoms with Crippen molar-refractivity contribution in [2.75, 3.05) is 5.75 Å². The molecule has 5 heteroatoms. The normalized spacial score (nSPS) is 11.1. The number of unbranched alkanes of at least 4 members (excludes halogenated alkanes) is 3. The summed E-state index contributed by atoms with van der Waals surface area (Å²) in [7, 11) is 0. The number of hydrogen-bond acceptors (Lipinski definition) is 4. The summed E-state index contributed by atoms with van der Waals surface area (Å²) in [6.07, 6.45) is 6.19. The third kappa shape index (κ3) is 3.10. The van der Waals surface area contributed by atoms with E-state index in [0.29, 0.717) is 0 Å². The third-order valence-electron chi connectivity index (χ3n) is 2.76. The Morgan fingerprint density at radius 3 is 2.94 bits per heavy atom. The van der Waals surface area contributed by atoms with E-state index in [1.807, 2.05) is 11.4 Å². The van der Waals surface area contributed by atoms with Crippen LogP contribution in [0.3, 0.4) is 0 Å². The standard InChI is InChI=1S/C12H16N2OS2/c15-12-10-5-8-17-11(10)13-9-14(12)6-3-1-2-4-7-16/h5,8-9,16H,1-4,6-7H2. The summed E-state index contributed by atoms with van der Waals surface area (Å²) >= 11 is 5.69. The molecule has 0 aliphatic rings. The Bertz CT molecular complexity index is 533. The number of fused-ring (bicyclic) bond motifs is 1. The summed E-state index contributed by atoms with van der Waals surface area (Å²) in [6, 6.07) is 1.85. The second-order valence-electron chi connectivity index (χ2n) is 4.02. The van der Waals surface area contributed by atoms with E-state index >= 15 is 0 Å². The van der Waals surface area contributed by atoms with Gasteiger partial charge in [0.2, 0.25) is 0 Å². The molecular weight excluding hydrogens is 252 g/mol. The van der Waals surface area contributed by atoms with Crippen molar-refractivity contribution in [3.05, 3.63) is 28.1 Å². The highest BCUT2D eigenvalue weighted by Gasteiger charge is 2.04. The van der Waals surface area contributed by atoms with Gasteiger partial charge in [0.05, 0.1) is 11.7 Å². The Morgan fingerprint density at radius 2 is 2.12 bits per heavy atom. The van der Waals surface area contributed by atoms with Crippen LogP contribution in [0.1, 0.15) is 25.7 Å². The molecule has 0 unspecified atom stereocenters. The van der Waals surface area contributed by atoms with Crippen LogP contribution < -0.4 is 5.56 Å². The number of aromatic nitrogens is 2. The van der Waals surface area contributed by atoms with E-state index in [1.165, 1.54) is 17.8 Å². The Kier molecular flexibility index (Phi) is 4.62. The number of nitrogens with zero attached hydrogens (tertiary/aromatic N) is 2. The molecule has 0 spiro atoms. The zero-order chi connectivity index (χ0) is 12.1. The Hall–Kier alpha value is -0.810. The van der Waals surface area contributed by atoms with E-state index in [4.69, 9.17) is 0 Å². The summed E-state index contributed by atoms with van der Waals surface area (Å²) in [5.41, 5.74) is 0.0884. The first-order valence-electron chi connectivity index (χ1n) is 5.86. The third-order valence-corrected chi connectivity index (χ3v) is 3.89. The number of aryl methyl sites for hydroxylation is 1. The zero-order valence-electron chi connectivity index (χ0n) is 9.63.